The number of piperidine rings is 2. The molecule has 3 rings (SSSR count). The molecule has 2 aliphatic rings. The van der Waals surface area contributed by atoms with Crippen molar-refractivity contribution in [2.45, 2.75) is 63.1 Å². The van der Waals surface area contributed by atoms with Crippen molar-refractivity contribution in [3.05, 3.63) is 34.9 Å². The lowest BCUT2D eigenvalue weighted by Gasteiger charge is -2.47. The number of aliphatic imine (C=N–C) groups is 1. The van der Waals surface area contributed by atoms with Gasteiger partial charge in [-0.1, -0.05) is 36.2 Å². The van der Waals surface area contributed by atoms with Crippen LogP contribution in [0.15, 0.2) is 29.3 Å². The molecule has 2 N–H and O–H groups in total. The van der Waals surface area contributed by atoms with Crippen LogP contribution in [0.1, 0.15) is 44.1 Å². The van der Waals surface area contributed by atoms with E-state index in [2.05, 4.69) is 33.6 Å². The second kappa shape index (κ2) is 8.91. The predicted octanol–water partition coefficient (Wildman–Crippen LogP) is 3.45. The highest BCUT2D eigenvalue weighted by Crippen LogP contribution is 2.32. The molecule has 2 atom stereocenters. The van der Waals surface area contributed by atoms with Crippen LogP contribution < -0.4 is 10.6 Å². The molecule has 2 heterocycles. The van der Waals surface area contributed by atoms with Crippen LogP contribution >= 0.6 is 11.6 Å². The summed E-state index contributed by atoms with van der Waals surface area (Å²) in [6.45, 7) is 0.907. The van der Waals surface area contributed by atoms with Crippen LogP contribution in [-0.2, 0) is 6.42 Å². The minimum Gasteiger partial charge on any atom is -0.356 e. The van der Waals surface area contributed by atoms with Crippen LogP contribution in [0.5, 0.6) is 0 Å². The second-order valence-corrected chi connectivity index (χ2v) is 7.82. The summed E-state index contributed by atoms with van der Waals surface area (Å²) < 4.78 is 0. The smallest absolute Gasteiger partial charge is 0.191 e. The molecule has 0 amide bonds. The van der Waals surface area contributed by atoms with E-state index >= 15 is 0 Å². The van der Waals surface area contributed by atoms with E-state index in [0.717, 1.165) is 42.5 Å². The first kappa shape index (κ1) is 18.5. The number of nitrogens with zero attached hydrogens (tertiary/aromatic N) is 2. The maximum Gasteiger partial charge on any atom is 0.191 e. The van der Waals surface area contributed by atoms with Crippen molar-refractivity contribution in [2.24, 2.45) is 4.99 Å². The molecular formula is C20H31ClN4. The normalized spacial score (nSPS) is 27.2. The highest BCUT2D eigenvalue weighted by atomic mass is 35.5. The number of benzene rings is 1. The maximum atomic E-state index is 6.22. The average Bonchev–Trinajstić information content (AvgIpc) is 2.59. The molecule has 2 aliphatic heterocycles. The van der Waals surface area contributed by atoms with Gasteiger partial charge in [-0.15, -0.1) is 0 Å². The summed E-state index contributed by atoms with van der Waals surface area (Å²) in [6.07, 6.45) is 8.57. The second-order valence-electron chi connectivity index (χ2n) is 7.41. The van der Waals surface area contributed by atoms with Gasteiger partial charge in [0.1, 0.15) is 0 Å². The Hall–Kier alpha value is -1.26. The largest absolute Gasteiger partial charge is 0.356 e. The molecule has 25 heavy (non-hydrogen) atoms. The zero-order valence-corrected chi connectivity index (χ0v) is 16.2. The molecule has 1 aromatic rings. The SMILES string of the molecule is CN=C(NCCCc1ccccc1Cl)NC1CC2CCCC(C1)N2C. The summed E-state index contributed by atoms with van der Waals surface area (Å²) in [6, 6.07) is 10.1. The summed E-state index contributed by atoms with van der Waals surface area (Å²) in [4.78, 5) is 7.01. The van der Waals surface area contributed by atoms with E-state index in [1.165, 1.54) is 37.7 Å². The fraction of sp³-hybridized carbons (Fsp3) is 0.650. The Morgan fingerprint density at radius 2 is 1.96 bits per heavy atom. The van der Waals surface area contributed by atoms with Crippen LogP contribution in [-0.4, -0.2) is 49.6 Å². The van der Waals surface area contributed by atoms with Crippen molar-refractivity contribution in [3.8, 4) is 0 Å². The van der Waals surface area contributed by atoms with Gasteiger partial charge in [0.25, 0.3) is 0 Å². The lowest BCUT2D eigenvalue weighted by Crippen LogP contribution is -2.56. The van der Waals surface area contributed by atoms with Crippen molar-refractivity contribution in [2.75, 3.05) is 20.6 Å². The first-order valence-corrected chi connectivity index (χ1v) is 9.97. The molecule has 1 aromatic carbocycles. The lowest BCUT2D eigenvalue weighted by atomic mass is 9.82. The minimum atomic E-state index is 0.543. The van der Waals surface area contributed by atoms with E-state index in [0.29, 0.717) is 6.04 Å². The van der Waals surface area contributed by atoms with Crippen molar-refractivity contribution in [1.82, 2.24) is 15.5 Å². The Bertz CT molecular complexity index is 575. The van der Waals surface area contributed by atoms with Gasteiger partial charge in [0.2, 0.25) is 0 Å². The number of nitrogens with one attached hydrogen (secondary N) is 2. The molecular weight excluding hydrogens is 332 g/mol. The summed E-state index contributed by atoms with van der Waals surface area (Å²) in [5, 5.41) is 7.98. The number of halogens is 1. The maximum absolute atomic E-state index is 6.22. The van der Waals surface area contributed by atoms with Crippen LogP contribution in [0.2, 0.25) is 5.02 Å². The van der Waals surface area contributed by atoms with Gasteiger partial charge in [-0.25, -0.2) is 0 Å². The van der Waals surface area contributed by atoms with Gasteiger partial charge in [0, 0.05) is 36.7 Å². The molecule has 138 valence electrons. The van der Waals surface area contributed by atoms with Gasteiger partial charge in [0.15, 0.2) is 5.96 Å². The van der Waals surface area contributed by atoms with Crippen LogP contribution in [0.3, 0.4) is 0 Å². The van der Waals surface area contributed by atoms with Crippen LogP contribution in [0.4, 0.5) is 0 Å². The first-order chi connectivity index (χ1) is 12.2. The van der Waals surface area contributed by atoms with Crippen LogP contribution in [0.25, 0.3) is 0 Å². The van der Waals surface area contributed by atoms with Gasteiger partial charge in [-0.2, -0.15) is 0 Å². The summed E-state index contributed by atoms with van der Waals surface area (Å²) >= 11 is 6.22. The van der Waals surface area contributed by atoms with Gasteiger partial charge >= 0.3 is 0 Å². The van der Waals surface area contributed by atoms with Gasteiger partial charge in [-0.3, -0.25) is 4.99 Å². The quantitative estimate of drug-likeness (QED) is 0.478. The summed E-state index contributed by atoms with van der Waals surface area (Å²) in [7, 11) is 4.16. The topological polar surface area (TPSA) is 39.7 Å². The summed E-state index contributed by atoms with van der Waals surface area (Å²) in [5.41, 5.74) is 1.22. The molecule has 0 aliphatic carbocycles. The summed E-state index contributed by atoms with van der Waals surface area (Å²) in [5.74, 6) is 0.937. The third kappa shape index (κ3) is 4.89. The third-order valence-electron chi connectivity index (χ3n) is 5.78. The number of aryl methyl sites for hydroxylation is 1. The molecule has 2 unspecified atom stereocenters. The Balaban J connectivity index is 1.42. The van der Waals surface area contributed by atoms with Crippen LogP contribution in [0, 0.1) is 0 Å². The predicted molar refractivity (Wildman–Crippen MR) is 106 cm³/mol. The van der Waals surface area contributed by atoms with Crippen molar-refractivity contribution in [1.29, 1.82) is 0 Å². The van der Waals surface area contributed by atoms with E-state index in [-0.39, 0.29) is 0 Å². The highest BCUT2D eigenvalue weighted by molar-refractivity contribution is 6.31. The Labute approximate surface area is 157 Å². The van der Waals surface area contributed by atoms with E-state index in [1.807, 2.05) is 25.2 Å². The Morgan fingerprint density at radius 3 is 2.64 bits per heavy atom. The lowest BCUT2D eigenvalue weighted by molar-refractivity contribution is 0.0526. The number of hydrogen-bond donors (Lipinski definition) is 2. The van der Waals surface area contributed by atoms with Gasteiger partial charge < -0.3 is 15.5 Å². The number of rotatable bonds is 5. The zero-order valence-electron chi connectivity index (χ0n) is 15.5. The average molecular weight is 363 g/mol. The van der Waals surface area contributed by atoms with Gasteiger partial charge in [0.05, 0.1) is 0 Å². The Kier molecular flexibility index (Phi) is 6.60. The molecule has 0 aromatic heterocycles. The van der Waals surface area contributed by atoms with E-state index < -0.39 is 0 Å². The number of fused-ring (bicyclic) bond motifs is 2. The monoisotopic (exact) mass is 362 g/mol. The third-order valence-corrected chi connectivity index (χ3v) is 6.15. The molecule has 2 bridgehead atoms. The van der Waals surface area contributed by atoms with E-state index in [1.54, 1.807) is 0 Å². The molecule has 0 spiro atoms. The fourth-order valence-electron chi connectivity index (χ4n) is 4.31. The van der Waals surface area contributed by atoms with Crippen molar-refractivity contribution < 1.29 is 0 Å². The van der Waals surface area contributed by atoms with Gasteiger partial charge in [-0.05, 0) is 57.2 Å². The van der Waals surface area contributed by atoms with Crippen molar-refractivity contribution >= 4 is 17.6 Å². The number of guanidine groups is 1. The molecule has 2 saturated heterocycles. The Morgan fingerprint density at radius 1 is 1.24 bits per heavy atom. The molecule has 0 saturated carbocycles. The standard InChI is InChI=1S/C20H31ClN4/c1-22-20(23-12-6-8-15-7-3-4-11-19(15)21)24-16-13-17-9-5-10-18(14-16)25(17)2/h3-4,7,11,16-18H,5-6,8-10,12-14H2,1-2H3,(H2,22,23,24). The number of hydrogen-bond acceptors (Lipinski definition) is 2. The molecule has 4 nitrogen and oxygen atoms in total. The molecule has 5 heteroatoms. The molecule has 2 fully saturated rings. The van der Waals surface area contributed by atoms with E-state index in [4.69, 9.17) is 11.6 Å². The minimum absolute atomic E-state index is 0.543. The zero-order chi connectivity index (χ0) is 17.6. The van der Waals surface area contributed by atoms with E-state index in [9.17, 15) is 0 Å². The van der Waals surface area contributed by atoms with Crippen molar-refractivity contribution in [3.63, 3.8) is 0 Å². The fourth-order valence-corrected chi connectivity index (χ4v) is 4.54. The molecule has 0 radical (unpaired) electrons. The first-order valence-electron chi connectivity index (χ1n) is 9.60. The highest BCUT2D eigenvalue weighted by Gasteiger charge is 2.36.